The first kappa shape index (κ1) is 58.6. The Kier molecular flexibility index (Phi) is 14.5. The summed E-state index contributed by atoms with van der Waals surface area (Å²) in [5.41, 5.74) is 17.0. The smallest absolute Gasteiger partial charge is 0.137 e. The topological polar surface area (TPSA) is 39.2 Å². The Morgan fingerprint density at radius 2 is 0.460 bits per heavy atom. The molecule has 0 amide bonds. The highest BCUT2D eigenvalue weighted by molar-refractivity contribution is 7.26. The SMILES string of the molecule is c1ccc(N(c2ccccc2)c2ccc3sc4cc(N(c5ccccc5)c5ccc6c(c5)oc5ccccc56)c5ccccc5c4c3c2)cc1.c1ccc(N(c2ccccc2)c2ccc3sc4cc(N(c5ccccc5)c5ccc6oc7ccccc7c6c5)c5ccccc5c4c3c2)cc1. The van der Waals surface area contributed by atoms with Crippen LogP contribution in [-0.4, -0.2) is 0 Å². The Morgan fingerprint density at radius 3 is 0.890 bits per heavy atom. The lowest BCUT2D eigenvalue weighted by Gasteiger charge is -2.27. The van der Waals surface area contributed by atoms with Crippen LogP contribution in [0.25, 0.3) is 106 Å². The standard InChI is InChI=1S/2C46H30N2OS/c1-4-14-31(15-5-1)47(32-16-6-2-7-17-32)34-25-27-44-40(29-34)46-38-22-11-10-20-36(38)41(30-45(46)50-44)48(33-18-8-3-9-19-33)35-24-26-43-39(28-35)37-21-12-13-23-42(37)49-43;1-4-14-31(15-5-1)47(32-16-6-2-7-17-32)34-25-27-44-40(28-34)46-39-22-11-10-20-36(39)41(30-45(46)50-44)48(33-18-8-3-9-19-33)35-24-26-38-37-21-12-13-23-42(37)49-43(38)29-35/h2*1-30H. The van der Waals surface area contributed by atoms with Crippen LogP contribution in [0.2, 0.25) is 0 Å². The number of benzene rings is 16. The van der Waals surface area contributed by atoms with Gasteiger partial charge in [0.05, 0.1) is 11.4 Å². The van der Waals surface area contributed by atoms with Gasteiger partial charge in [-0.25, -0.2) is 0 Å². The van der Waals surface area contributed by atoms with E-state index >= 15 is 0 Å². The maximum atomic E-state index is 6.38. The number of para-hydroxylation sites is 8. The molecule has 0 aliphatic heterocycles. The van der Waals surface area contributed by atoms with Crippen molar-refractivity contribution < 1.29 is 8.83 Å². The van der Waals surface area contributed by atoms with Gasteiger partial charge in [0.2, 0.25) is 0 Å². The van der Waals surface area contributed by atoms with E-state index in [2.05, 4.69) is 359 Å². The molecule has 0 saturated carbocycles. The minimum Gasteiger partial charge on any atom is -0.456 e. The van der Waals surface area contributed by atoms with E-state index in [0.29, 0.717) is 0 Å². The van der Waals surface area contributed by atoms with E-state index in [0.717, 1.165) is 112 Å². The van der Waals surface area contributed by atoms with E-state index in [-0.39, 0.29) is 0 Å². The maximum absolute atomic E-state index is 6.38. The number of rotatable bonds is 12. The van der Waals surface area contributed by atoms with E-state index in [1.54, 1.807) is 0 Å². The van der Waals surface area contributed by atoms with Gasteiger partial charge in [0.25, 0.3) is 0 Å². The molecule has 20 aromatic rings. The van der Waals surface area contributed by atoms with Gasteiger partial charge in [-0.3, -0.25) is 0 Å². The molecule has 6 nitrogen and oxygen atoms in total. The Hall–Kier alpha value is -12.7. The van der Waals surface area contributed by atoms with Gasteiger partial charge < -0.3 is 28.4 Å². The van der Waals surface area contributed by atoms with E-state index in [4.69, 9.17) is 8.83 Å². The first-order chi connectivity index (χ1) is 49.6. The van der Waals surface area contributed by atoms with Crippen LogP contribution >= 0.6 is 22.7 Å². The number of anilines is 12. The second kappa shape index (κ2) is 24.7. The highest BCUT2D eigenvalue weighted by Gasteiger charge is 2.25. The van der Waals surface area contributed by atoms with E-state index in [1.807, 2.05) is 46.9 Å². The lowest BCUT2D eigenvalue weighted by Crippen LogP contribution is -2.10. The van der Waals surface area contributed by atoms with Crippen LogP contribution in [0.5, 0.6) is 0 Å². The van der Waals surface area contributed by atoms with Crippen LogP contribution < -0.4 is 19.6 Å². The minimum atomic E-state index is 0.880. The number of nitrogens with zero attached hydrogens (tertiary/aromatic N) is 4. The molecular formula is C92H60N4O2S2. The van der Waals surface area contributed by atoms with Crippen LogP contribution in [-0.2, 0) is 0 Å². The first-order valence-electron chi connectivity index (χ1n) is 33.7. The fourth-order valence-corrected chi connectivity index (χ4v) is 17.1. The Morgan fingerprint density at radius 1 is 0.170 bits per heavy atom. The molecule has 0 aliphatic rings. The average molecular weight is 1320 g/mol. The normalized spacial score (nSPS) is 11.6. The zero-order valence-electron chi connectivity index (χ0n) is 54.1. The summed E-state index contributed by atoms with van der Waals surface area (Å²) in [5, 5.41) is 14.5. The van der Waals surface area contributed by atoms with Crippen LogP contribution in [0.1, 0.15) is 0 Å². The second-order valence-electron chi connectivity index (χ2n) is 25.1. The minimum absolute atomic E-state index is 0.880. The second-order valence-corrected chi connectivity index (χ2v) is 27.3. The average Bonchev–Trinajstić information content (AvgIpc) is 1.50. The molecule has 0 atom stereocenters. The molecule has 20 rings (SSSR count). The van der Waals surface area contributed by atoms with Crippen LogP contribution in [0.4, 0.5) is 68.2 Å². The monoisotopic (exact) mass is 1320 g/mol. The zero-order chi connectivity index (χ0) is 66.0. The van der Waals surface area contributed by atoms with Crippen molar-refractivity contribution in [2.75, 3.05) is 19.6 Å². The van der Waals surface area contributed by atoms with Gasteiger partial charge >= 0.3 is 0 Å². The molecule has 472 valence electrons. The van der Waals surface area contributed by atoms with Crippen molar-refractivity contribution in [3.63, 3.8) is 0 Å². The van der Waals surface area contributed by atoms with Gasteiger partial charge in [0.15, 0.2) is 0 Å². The quantitative estimate of drug-likeness (QED) is 0.121. The number of furan rings is 2. The molecule has 0 unspecified atom stereocenters. The Bertz CT molecular complexity index is 6350. The third-order valence-electron chi connectivity index (χ3n) is 19.2. The summed E-state index contributed by atoms with van der Waals surface area (Å²) in [6.07, 6.45) is 0. The molecule has 0 fully saturated rings. The predicted molar refractivity (Wildman–Crippen MR) is 427 cm³/mol. The summed E-state index contributed by atoms with van der Waals surface area (Å²) < 4.78 is 17.6. The molecule has 8 heteroatoms. The number of hydrogen-bond donors (Lipinski definition) is 0. The Balaban J connectivity index is 0.000000139. The van der Waals surface area contributed by atoms with Crippen molar-refractivity contribution in [1.82, 2.24) is 0 Å². The van der Waals surface area contributed by atoms with Gasteiger partial charge in [-0.15, -0.1) is 22.7 Å². The summed E-state index contributed by atoms with van der Waals surface area (Å²) in [6.45, 7) is 0. The first-order valence-corrected chi connectivity index (χ1v) is 35.3. The van der Waals surface area contributed by atoms with Crippen molar-refractivity contribution in [1.29, 1.82) is 0 Å². The molecule has 0 saturated heterocycles. The number of thiophene rings is 2. The van der Waals surface area contributed by atoms with Gasteiger partial charge in [0, 0.05) is 136 Å². The van der Waals surface area contributed by atoms with Crippen molar-refractivity contribution in [3.8, 4) is 0 Å². The van der Waals surface area contributed by atoms with Gasteiger partial charge in [-0.05, 0) is 175 Å². The van der Waals surface area contributed by atoms with Crippen LogP contribution in [0.3, 0.4) is 0 Å². The fraction of sp³-hybridized carbons (Fsp3) is 0. The maximum Gasteiger partial charge on any atom is 0.137 e. The fourth-order valence-electron chi connectivity index (χ4n) is 14.8. The van der Waals surface area contributed by atoms with Gasteiger partial charge in [0.1, 0.15) is 22.3 Å². The molecule has 0 aliphatic carbocycles. The molecular weight excluding hydrogens is 1260 g/mol. The van der Waals surface area contributed by atoms with Crippen LogP contribution in [0, 0.1) is 0 Å². The molecule has 0 radical (unpaired) electrons. The third kappa shape index (κ3) is 10.2. The number of fused-ring (bicyclic) bond motifs is 16. The van der Waals surface area contributed by atoms with E-state index in [1.165, 1.54) is 61.9 Å². The highest BCUT2D eigenvalue weighted by atomic mass is 32.1. The highest BCUT2D eigenvalue weighted by Crippen LogP contribution is 2.51. The van der Waals surface area contributed by atoms with Crippen molar-refractivity contribution >= 4 is 197 Å². The summed E-state index contributed by atoms with van der Waals surface area (Å²) in [7, 11) is 0. The predicted octanol–water partition coefficient (Wildman–Crippen LogP) is 28.1. The lowest BCUT2D eigenvalue weighted by atomic mass is 10.00. The molecule has 100 heavy (non-hydrogen) atoms. The molecule has 4 heterocycles. The number of hydrogen-bond acceptors (Lipinski definition) is 8. The molecule has 0 bridgehead atoms. The molecule has 0 N–H and O–H groups in total. The lowest BCUT2D eigenvalue weighted by molar-refractivity contribution is 0.668. The van der Waals surface area contributed by atoms with Crippen molar-refractivity contribution in [3.05, 3.63) is 364 Å². The summed E-state index contributed by atoms with van der Waals surface area (Å²) in [6, 6.07) is 130. The largest absolute Gasteiger partial charge is 0.456 e. The zero-order valence-corrected chi connectivity index (χ0v) is 55.7. The Labute approximate surface area is 585 Å². The van der Waals surface area contributed by atoms with Crippen molar-refractivity contribution in [2.45, 2.75) is 0 Å². The van der Waals surface area contributed by atoms with Gasteiger partial charge in [-0.1, -0.05) is 194 Å². The molecule has 0 spiro atoms. The summed E-state index contributed by atoms with van der Waals surface area (Å²) in [4.78, 5) is 9.44. The van der Waals surface area contributed by atoms with E-state index < -0.39 is 0 Å². The summed E-state index contributed by atoms with van der Waals surface area (Å²) >= 11 is 3.71. The molecule has 16 aromatic carbocycles. The third-order valence-corrected chi connectivity index (χ3v) is 21.4. The molecule has 4 aromatic heterocycles. The van der Waals surface area contributed by atoms with Gasteiger partial charge in [-0.2, -0.15) is 0 Å². The van der Waals surface area contributed by atoms with Crippen LogP contribution in [0.15, 0.2) is 373 Å². The van der Waals surface area contributed by atoms with Crippen molar-refractivity contribution in [2.24, 2.45) is 0 Å². The summed E-state index contributed by atoms with van der Waals surface area (Å²) in [5.74, 6) is 0. The van der Waals surface area contributed by atoms with E-state index in [9.17, 15) is 0 Å².